The lowest BCUT2D eigenvalue weighted by molar-refractivity contribution is -0.114. The second-order valence-electron chi connectivity index (χ2n) is 8.96. The molecule has 178 valence electrons. The average Bonchev–Trinajstić information content (AvgIpc) is 3.33. The number of nitrogens with two attached hydrogens (primary N) is 1. The van der Waals surface area contributed by atoms with Crippen LogP contribution in [0.2, 0.25) is 0 Å². The maximum atomic E-state index is 12.0. The van der Waals surface area contributed by atoms with Crippen LogP contribution in [0.25, 0.3) is 5.82 Å². The van der Waals surface area contributed by atoms with Gasteiger partial charge in [-0.1, -0.05) is 30.4 Å². The van der Waals surface area contributed by atoms with Crippen LogP contribution in [0.3, 0.4) is 0 Å². The van der Waals surface area contributed by atoms with Gasteiger partial charge in [-0.05, 0) is 44.4 Å². The van der Waals surface area contributed by atoms with Gasteiger partial charge in [-0.3, -0.25) is 4.79 Å². The van der Waals surface area contributed by atoms with E-state index in [0.717, 1.165) is 16.8 Å². The molecule has 0 saturated carbocycles. The van der Waals surface area contributed by atoms with Gasteiger partial charge in [0.05, 0.1) is 11.5 Å². The van der Waals surface area contributed by atoms with Gasteiger partial charge >= 0.3 is 0 Å². The van der Waals surface area contributed by atoms with E-state index in [2.05, 4.69) is 36.8 Å². The number of anilines is 3. The third-order valence-corrected chi connectivity index (χ3v) is 6.53. The van der Waals surface area contributed by atoms with E-state index in [-0.39, 0.29) is 0 Å². The number of primary amides is 1. The topological polar surface area (TPSA) is 147 Å². The summed E-state index contributed by atoms with van der Waals surface area (Å²) in [4.78, 5) is 24.8. The Morgan fingerprint density at radius 3 is 2.74 bits per heavy atom. The summed E-state index contributed by atoms with van der Waals surface area (Å²) in [7, 11) is 1.78. The van der Waals surface area contributed by atoms with Gasteiger partial charge < -0.3 is 16.4 Å². The lowest BCUT2D eigenvalue weighted by atomic mass is 9.58. The van der Waals surface area contributed by atoms with Crippen LogP contribution in [-0.4, -0.2) is 37.7 Å². The fourth-order valence-corrected chi connectivity index (χ4v) is 4.25. The molecule has 0 aliphatic heterocycles. The zero-order valence-corrected chi connectivity index (χ0v) is 20.1. The molecule has 1 atom stereocenters. The lowest BCUT2D eigenvalue weighted by Crippen LogP contribution is -2.42. The van der Waals surface area contributed by atoms with Crippen molar-refractivity contribution in [2.75, 3.05) is 17.7 Å². The van der Waals surface area contributed by atoms with Gasteiger partial charge in [0.25, 0.3) is 0 Å². The normalized spacial score (nSPS) is 17.4. The van der Waals surface area contributed by atoms with Gasteiger partial charge in [0.15, 0.2) is 5.82 Å². The summed E-state index contributed by atoms with van der Waals surface area (Å²) >= 11 is 0. The van der Waals surface area contributed by atoms with Gasteiger partial charge in [0, 0.05) is 29.8 Å². The minimum absolute atomic E-state index is 0.325. The first-order chi connectivity index (χ1) is 16.7. The number of nitrogens with zero attached hydrogens (tertiary/aromatic N) is 6. The number of hydrogen-bond donors (Lipinski definition) is 3. The highest BCUT2D eigenvalue weighted by Gasteiger charge is 2.47. The summed E-state index contributed by atoms with van der Waals surface area (Å²) in [5, 5.41) is 20.7. The van der Waals surface area contributed by atoms with Crippen molar-refractivity contribution in [1.29, 1.82) is 5.26 Å². The molecule has 4 rings (SSSR count). The molecule has 1 aromatic carbocycles. The fraction of sp³-hybridized carbons (Fsp3) is 0.280. The van der Waals surface area contributed by atoms with E-state index < -0.39 is 16.7 Å². The number of nitriles is 1. The molecule has 1 unspecified atom stereocenters. The molecule has 4 N–H and O–H groups in total. The Hall–Kier alpha value is -4.52. The third kappa shape index (κ3) is 4.24. The molecule has 35 heavy (non-hydrogen) atoms. The van der Waals surface area contributed by atoms with Crippen molar-refractivity contribution in [3.63, 3.8) is 0 Å². The number of carbonyl (C=O) groups is 1. The zero-order valence-electron chi connectivity index (χ0n) is 20.1. The number of allylic oxidation sites excluding steroid dienone is 3. The summed E-state index contributed by atoms with van der Waals surface area (Å²) in [5.74, 6) is 1.18. The Labute approximate surface area is 203 Å². The van der Waals surface area contributed by atoms with Crippen LogP contribution in [0.15, 0.2) is 60.7 Å². The average molecular weight is 470 g/mol. The van der Waals surface area contributed by atoms with E-state index in [0.29, 0.717) is 29.6 Å². The Morgan fingerprint density at radius 1 is 1.23 bits per heavy atom. The van der Waals surface area contributed by atoms with Crippen molar-refractivity contribution in [2.24, 2.45) is 11.1 Å². The smallest absolute Gasteiger partial charge is 0.244 e. The highest BCUT2D eigenvalue weighted by molar-refractivity contribution is 5.93. The second kappa shape index (κ2) is 9.02. The van der Waals surface area contributed by atoms with Crippen LogP contribution in [0.4, 0.5) is 17.5 Å². The quantitative estimate of drug-likeness (QED) is 0.477. The first kappa shape index (κ1) is 23.6. The number of rotatable bonds is 7. The molecule has 1 amide bonds. The number of aryl methyl sites for hydroxylation is 1. The number of nitrogens with one attached hydrogen (secondary N) is 2. The number of carbonyl (C=O) groups excluding carboxylic acids is 1. The summed E-state index contributed by atoms with van der Waals surface area (Å²) in [6, 6.07) is 10.2. The number of hydrogen-bond acceptors (Lipinski definition) is 8. The lowest BCUT2D eigenvalue weighted by Gasteiger charge is -2.43. The minimum Gasteiger partial charge on any atom is -0.373 e. The molecular weight excluding hydrogens is 442 g/mol. The van der Waals surface area contributed by atoms with E-state index in [9.17, 15) is 10.1 Å². The van der Waals surface area contributed by atoms with Crippen molar-refractivity contribution in [3.05, 3.63) is 71.8 Å². The van der Waals surface area contributed by atoms with Crippen LogP contribution >= 0.6 is 0 Å². The summed E-state index contributed by atoms with van der Waals surface area (Å²) in [6.45, 7) is 5.73. The Kier molecular flexibility index (Phi) is 6.09. The molecule has 10 nitrogen and oxygen atoms in total. The maximum Gasteiger partial charge on any atom is 0.244 e. The summed E-state index contributed by atoms with van der Waals surface area (Å²) < 4.78 is 1.58. The van der Waals surface area contributed by atoms with E-state index >= 15 is 0 Å². The van der Waals surface area contributed by atoms with E-state index in [4.69, 9.17) is 5.73 Å². The Morgan fingerprint density at radius 2 is 2.03 bits per heavy atom. The number of aromatic nitrogens is 5. The molecule has 0 spiro atoms. The van der Waals surface area contributed by atoms with Crippen LogP contribution < -0.4 is 16.4 Å². The molecule has 2 heterocycles. The van der Waals surface area contributed by atoms with Gasteiger partial charge in [-0.25, -0.2) is 9.97 Å². The molecule has 3 aromatic rings. The molecule has 1 aliphatic rings. The largest absolute Gasteiger partial charge is 0.373 e. The molecule has 0 bridgehead atoms. The minimum atomic E-state index is -0.824. The Bertz CT molecular complexity index is 1380. The number of benzene rings is 1. The van der Waals surface area contributed by atoms with Crippen molar-refractivity contribution in [3.8, 4) is 11.9 Å². The predicted octanol–water partition coefficient (Wildman–Crippen LogP) is 3.31. The van der Waals surface area contributed by atoms with Crippen molar-refractivity contribution >= 4 is 23.4 Å². The van der Waals surface area contributed by atoms with Gasteiger partial charge in [0.2, 0.25) is 11.9 Å². The molecule has 0 saturated heterocycles. The monoisotopic (exact) mass is 469 g/mol. The SMILES string of the molecule is CNc1cc(-n2ncnc2Nc2cc(C3(C(C)(C)C#N)C=CC=C(C(N)=O)C3)ccc2C)ncn1. The zero-order chi connectivity index (χ0) is 25.2. The summed E-state index contributed by atoms with van der Waals surface area (Å²) in [6.07, 6.45) is 8.72. The van der Waals surface area contributed by atoms with Crippen molar-refractivity contribution in [1.82, 2.24) is 24.7 Å². The molecule has 0 fully saturated rings. The first-order valence-corrected chi connectivity index (χ1v) is 11.1. The second-order valence-corrected chi connectivity index (χ2v) is 8.96. The summed E-state index contributed by atoms with van der Waals surface area (Å²) in [5.41, 5.74) is 7.16. The van der Waals surface area contributed by atoms with Crippen LogP contribution in [0.5, 0.6) is 0 Å². The molecule has 1 aliphatic carbocycles. The van der Waals surface area contributed by atoms with Crippen LogP contribution in [0.1, 0.15) is 31.4 Å². The maximum absolute atomic E-state index is 12.0. The van der Waals surface area contributed by atoms with Crippen molar-refractivity contribution < 1.29 is 4.79 Å². The van der Waals surface area contributed by atoms with Gasteiger partial charge in [-0.15, -0.1) is 0 Å². The molecular formula is C25H27N9O. The molecule has 2 aromatic heterocycles. The van der Waals surface area contributed by atoms with Crippen molar-refractivity contribution in [2.45, 2.75) is 32.6 Å². The van der Waals surface area contributed by atoms with Crippen LogP contribution in [0, 0.1) is 23.7 Å². The third-order valence-electron chi connectivity index (χ3n) is 6.53. The van der Waals surface area contributed by atoms with Gasteiger partial charge in [0.1, 0.15) is 18.5 Å². The standard InChI is InChI=1S/C25H27N9O/c1-16-7-8-18(25(24(2,3)13-26)9-5-6-17(12-25)22(27)35)10-19(16)33-23-31-15-32-34(23)21-11-20(28-4)29-14-30-21/h5-11,14-15H,12H2,1-4H3,(H2,27,35)(H,28,29,30)(H,31,32,33). The van der Waals surface area contributed by atoms with Gasteiger partial charge in [-0.2, -0.15) is 20.0 Å². The predicted molar refractivity (Wildman–Crippen MR) is 133 cm³/mol. The first-order valence-electron chi connectivity index (χ1n) is 11.1. The van der Waals surface area contributed by atoms with E-state index in [1.54, 1.807) is 29.9 Å². The molecule has 10 heteroatoms. The highest BCUT2D eigenvalue weighted by atomic mass is 16.1. The highest BCUT2D eigenvalue weighted by Crippen LogP contribution is 2.49. The van der Waals surface area contributed by atoms with E-state index in [1.807, 2.05) is 45.0 Å². The van der Waals surface area contributed by atoms with E-state index in [1.165, 1.54) is 12.7 Å². The number of amides is 1. The Balaban J connectivity index is 1.77. The molecule has 0 radical (unpaired) electrons. The van der Waals surface area contributed by atoms with Crippen LogP contribution in [-0.2, 0) is 10.2 Å². The fourth-order valence-electron chi connectivity index (χ4n) is 4.25.